The monoisotopic (exact) mass is 707 g/mol. The SMILES string of the molecule is Cc1nc(-c2cccnc2)n(-c2c(-c3cc(-c4ccccc4)nc(-c4ccccc4)c3)cccc2-c2cc(-c3ccccc3)nc(-c3ccccc3)c2)c1C. The Hall–Kier alpha value is -7.24. The van der Waals surface area contributed by atoms with E-state index in [2.05, 4.69) is 169 Å². The molecule has 0 unspecified atom stereocenters. The van der Waals surface area contributed by atoms with Gasteiger partial charge in [0, 0.05) is 57.0 Å². The van der Waals surface area contributed by atoms with Gasteiger partial charge >= 0.3 is 0 Å². The Labute approximate surface area is 321 Å². The van der Waals surface area contributed by atoms with Gasteiger partial charge in [-0.1, -0.05) is 140 Å². The summed E-state index contributed by atoms with van der Waals surface area (Å²) in [5.74, 6) is 0.832. The second-order valence-electron chi connectivity index (χ2n) is 13.6. The number of aryl methyl sites for hydroxylation is 1. The van der Waals surface area contributed by atoms with E-state index < -0.39 is 0 Å². The van der Waals surface area contributed by atoms with Gasteiger partial charge in [0.25, 0.3) is 0 Å². The molecule has 4 aromatic heterocycles. The molecule has 0 saturated carbocycles. The Morgan fingerprint density at radius 2 is 0.782 bits per heavy atom. The first-order valence-electron chi connectivity index (χ1n) is 18.5. The summed E-state index contributed by atoms with van der Waals surface area (Å²) < 4.78 is 2.31. The van der Waals surface area contributed by atoms with E-state index in [0.29, 0.717) is 0 Å². The number of rotatable bonds is 8. The summed E-state index contributed by atoms with van der Waals surface area (Å²) >= 11 is 0. The van der Waals surface area contributed by atoms with Gasteiger partial charge in [-0.3, -0.25) is 9.55 Å². The summed E-state index contributed by atoms with van der Waals surface area (Å²) in [7, 11) is 0. The normalized spacial score (nSPS) is 11.1. The maximum Gasteiger partial charge on any atom is 0.146 e. The van der Waals surface area contributed by atoms with E-state index in [1.807, 2.05) is 36.5 Å². The second-order valence-corrected chi connectivity index (χ2v) is 13.6. The van der Waals surface area contributed by atoms with Gasteiger partial charge < -0.3 is 0 Å². The van der Waals surface area contributed by atoms with E-state index >= 15 is 0 Å². The van der Waals surface area contributed by atoms with Crippen molar-refractivity contribution in [2.24, 2.45) is 0 Å². The second kappa shape index (κ2) is 14.6. The van der Waals surface area contributed by atoms with Crippen LogP contribution >= 0.6 is 0 Å². The third kappa shape index (κ3) is 6.64. The molecule has 0 radical (unpaired) electrons. The Morgan fingerprint density at radius 1 is 0.382 bits per heavy atom. The summed E-state index contributed by atoms with van der Waals surface area (Å²) in [6.45, 7) is 4.23. The average Bonchev–Trinajstić information content (AvgIpc) is 3.57. The minimum Gasteiger partial charge on any atom is -0.295 e. The van der Waals surface area contributed by atoms with Crippen molar-refractivity contribution in [3.8, 4) is 84.4 Å². The van der Waals surface area contributed by atoms with Crippen LogP contribution in [0.15, 0.2) is 188 Å². The minimum absolute atomic E-state index is 0.832. The van der Waals surface area contributed by atoms with Crippen molar-refractivity contribution in [3.05, 3.63) is 200 Å². The lowest BCUT2D eigenvalue weighted by Crippen LogP contribution is -2.06. The van der Waals surface area contributed by atoms with Crippen LogP contribution in [0.1, 0.15) is 11.4 Å². The van der Waals surface area contributed by atoms with Gasteiger partial charge in [0.15, 0.2) is 0 Å². The number of imidazole rings is 1. The molecule has 0 aliphatic rings. The van der Waals surface area contributed by atoms with E-state index in [0.717, 1.165) is 95.7 Å². The Morgan fingerprint density at radius 3 is 1.16 bits per heavy atom. The van der Waals surface area contributed by atoms with Gasteiger partial charge in [-0.15, -0.1) is 0 Å². The highest BCUT2D eigenvalue weighted by atomic mass is 15.1. The Balaban J connectivity index is 1.38. The first kappa shape index (κ1) is 33.6. The molecule has 55 heavy (non-hydrogen) atoms. The number of aromatic nitrogens is 5. The number of nitrogens with zero attached hydrogens (tertiary/aromatic N) is 5. The zero-order valence-electron chi connectivity index (χ0n) is 30.6. The number of pyridine rings is 3. The van der Waals surface area contributed by atoms with E-state index in [4.69, 9.17) is 15.0 Å². The summed E-state index contributed by atoms with van der Waals surface area (Å²) in [6.07, 6.45) is 3.69. The standard InChI is InChI=1S/C50H37N5/c1-34-35(2)55(50(52-34)40-25-16-28-51-33-40)49-43(41-29-45(36-17-7-3-8-18-36)53-46(30-41)37-19-9-4-10-20-37)26-15-27-44(49)42-31-47(38-21-11-5-12-22-38)54-48(32-42)39-23-13-6-14-24-39/h3-33H,1-2H3. The molecule has 262 valence electrons. The van der Waals surface area contributed by atoms with E-state index in [-0.39, 0.29) is 0 Å². The third-order valence-electron chi connectivity index (χ3n) is 10.1. The lowest BCUT2D eigenvalue weighted by atomic mass is 9.92. The molecule has 0 saturated heterocycles. The molecule has 5 aromatic carbocycles. The Bertz CT molecular complexity index is 2480. The molecule has 9 aromatic rings. The summed E-state index contributed by atoms with van der Waals surface area (Å²) in [6, 6.07) is 61.1. The Kier molecular flexibility index (Phi) is 8.94. The van der Waals surface area contributed by atoms with Crippen molar-refractivity contribution < 1.29 is 0 Å². The molecule has 0 aliphatic heterocycles. The van der Waals surface area contributed by atoms with Crippen LogP contribution in [0.5, 0.6) is 0 Å². The molecule has 4 heterocycles. The lowest BCUT2D eigenvalue weighted by molar-refractivity contribution is 1.01. The highest BCUT2D eigenvalue weighted by Crippen LogP contribution is 2.42. The average molecular weight is 708 g/mol. The molecular weight excluding hydrogens is 671 g/mol. The lowest BCUT2D eigenvalue weighted by Gasteiger charge is -2.21. The van der Waals surface area contributed by atoms with Crippen LogP contribution in [0, 0.1) is 13.8 Å². The van der Waals surface area contributed by atoms with Gasteiger partial charge in [0.1, 0.15) is 5.82 Å². The number of para-hydroxylation sites is 1. The fourth-order valence-electron chi connectivity index (χ4n) is 7.22. The van der Waals surface area contributed by atoms with Gasteiger partial charge in [0.2, 0.25) is 0 Å². The van der Waals surface area contributed by atoms with Crippen LogP contribution < -0.4 is 0 Å². The molecule has 9 rings (SSSR count). The third-order valence-corrected chi connectivity index (χ3v) is 10.1. The fourth-order valence-corrected chi connectivity index (χ4v) is 7.22. The molecule has 0 fully saturated rings. The van der Waals surface area contributed by atoms with Crippen LogP contribution in [-0.4, -0.2) is 24.5 Å². The first-order valence-corrected chi connectivity index (χ1v) is 18.5. The topological polar surface area (TPSA) is 56.5 Å². The van der Waals surface area contributed by atoms with Crippen LogP contribution in [0.25, 0.3) is 84.4 Å². The fraction of sp³-hybridized carbons (Fsp3) is 0.0400. The van der Waals surface area contributed by atoms with Crippen LogP contribution in [0.2, 0.25) is 0 Å². The van der Waals surface area contributed by atoms with Crippen molar-refractivity contribution >= 4 is 0 Å². The van der Waals surface area contributed by atoms with Gasteiger partial charge in [-0.25, -0.2) is 15.0 Å². The molecule has 0 spiro atoms. The quantitative estimate of drug-likeness (QED) is 0.158. The van der Waals surface area contributed by atoms with Crippen molar-refractivity contribution in [1.82, 2.24) is 24.5 Å². The maximum absolute atomic E-state index is 5.22. The molecule has 0 atom stereocenters. The van der Waals surface area contributed by atoms with E-state index in [9.17, 15) is 0 Å². The van der Waals surface area contributed by atoms with Crippen LogP contribution in [0.3, 0.4) is 0 Å². The summed E-state index contributed by atoms with van der Waals surface area (Å²) in [5, 5.41) is 0. The molecule has 5 nitrogen and oxygen atoms in total. The largest absolute Gasteiger partial charge is 0.295 e. The van der Waals surface area contributed by atoms with Crippen LogP contribution in [0.4, 0.5) is 0 Å². The van der Waals surface area contributed by atoms with Gasteiger partial charge in [-0.05, 0) is 61.4 Å². The highest BCUT2D eigenvalue weighted by Gasteiger charge is 2.23. The first-order chi connectivity index (χ1) is 27.1. The van der Waals surface area contributed by atoms with E-state index in [1.165, 1.54) is 0 Å². The molecule has 0 bridgehead atoms. The number of hydrogen-bond donors (Lipinski definition) is 0. The number of hydrogen-bond acceptors (Lipinski definition) is 4. The van der Waals surface area contributed by atoms with Gasteiger partial charge in [-0.2, -0.15) is 0 Å². The van der Waals surface area contributed by atoms with Crippen molar-refractivity contribution in [3.63, 3.8) is 0 Å². The van der Waals surface area contributed by atoms with Gasteiger partial charge in [0.05, 0.1) is 34.2 Å². The molecule has 0 aliphatic carbocycles. The number of benzene rings is 5. The maximum atomic E-state index is 5.22. The predicted molar refractivity (Wildman–Crippen MR) is 224 cm³/mol. The zero-order valence-corrected chi connectivity index (χ0v) is 30.6. The molecule has 0 N–H and O–H groups in total. The predicted octanol–water partition coefficient (Wildman–Crippen LogP) is 12.3. The molecule has 0 amide bonds. The molecule has 5 heteroatoms. The highest BCUT2D eigenvalue weighted by molar-refractivity contribution is 5.91. The summed E-state index contributed by atoms with van der Waals surface area (Å²) in [5.41, 5.74) is 16.0. The van der Waals surface area contributed by atoms with E-state index in [1.54, 1.807) is 6.20 Å². The molecular formula is C50H37N5. The van der Waals surface area contributed by atoms with Crippen molar-refractivity contribution in [2.45, 2.75) is 13.8 Å². The zero-order chi connectivity index (χ0) is 37.1. The van der Waals surface area contributed by atoms with Crippen molar-refractivity contribution in [1.29, 1.82) is 0 Å². The van der Waals surface area contributed by atoms with Crippen molar-refractivity contribution in [2.75, 3.05) is 0 Å². The minimum atomic E-state index is 0.832. The van der Waals surface area contributed by atoms with Crippen LogP contribution in [-0.2, 0) is 0 Å². The summed E-state index contributed by atoms with van der Waals surface area (Å²) in [4.78, 5) is 20.1. The smallest absolute Gasteiger partial charge is 0.146 e.